The third-order valence-electron chi connectivity index (χ3n) is 2.14. The van der Waals surface area contributed by atoms with E-state index in [0.29, 0.717) is 6.42 Å². The van der Waals surface area contributed by atoms with Gasteiger partial charge < -0.3 is 5.32 Å². The maximum Gasteiger partial charge on any atom is 0.269 e. The Hall–Kier alpha value is -1.91. The van der Waals surface area contributed by atoms with E-state index in [4.69, 9.17) is 0 Å². The lowest BCUT2D eigenvalue weighted by Crippen LogP contribution is -2.31. The zero-order valence-corrected chi connectivity index (χ0v) is 9.27. The zero-order valence-electron chi connectivity index (χ0n) is 9.27. The van der Waals surface area contributed by atoms with Gasteiger partial charge in [-0.2, -0.15) is 0 Å². The zero-order chi connectivity index (χ0) is 12.1. The maximum atomic E-state index is 10.8. The molecule has 16 heavy (non-hydrogen) atoms. The van der Waals surface area contributed by atoms with Crippen LogP contribution in [0.5, 0.6) is 0 Å². The maximum absolute atomic E-state index is 10.8. The van der Waals surface area contributed by atoms with Crippen LogP contribution in [0.3, 0.4) is 0 Å². The van der Waals surface area contributed by atoms with Crippen molar-refractivity contribution in [3.05, 3.63) is 39.9 Å². The number of rotatable bonds is 4. The number of nitrogens with one attached hydrogen (secondary N) is 1. The summed E-state index contributed by atoms with van der Waals surface area (Å²) in [6.07, 6.45) is 0.664. The summed E-state index contributed by atoms with van der Waals surface area (Å²) in [7, 11) is 0. The van der Waals surface area contributed by atoms with Crippen LogP contribution >= 0.6 is 0 Å². The molecule has 5 nitrogen and oxygen atoms in total. The highest BCUT2D eigenvalue weighted by Crippen LogP contribution is 2.13. The molecule has 0 heterocycles. The Morgan fingerprint density at radius 3 is 2.44 bits per heavy atom. The van der Waals surface area contributed by atoms with Crippen molar-refractivity contribution in [2.24, 2.45) is 0 Å². The Morgan fingerprint density at radius 2 is 2.00 bits per heavy atom. The predicted molar refractivity (Wildman–Crippen MR) is 60.1 cm³/mol. The molecule has 0 saturated carbocycles. The molecule has 1 N–H and O–H groups in total. The molecule has 5 heteroatoms. The summed E-state index contributed by atoms with van der Waals surface area (Å²) in [6.45, 7) is 3.36. The van der Waals surface area contributed by atoms with Gasteiger partial charge in [-0.05, 0) is 18.9 Å². The lowest BCUT2D eigenvalue weighted by molar-refractivity contribution is -0.384. The first-order valence-electron chi connectivity index (χ1n) is 4.99. The second-order valence-corrected chi connectivity index (χ2v) is 3.73. The van der Waals surface area contributed by atoms with Crippen molar-refractivity contribution in [1.29, 1.82) is 0 Å². The number of hydrogen-bond donors (Lipinski definition) is 1. The van der Waals surface area contributed by atoms with Crippen LogP contribution in [-0.4, -0.2) is 16.9 Å². The summed E-state index contributed by atoms with van der Waals surface area (Å²) < 4.78 is 0. The number of carbonyl (C=O) groups excluding carboxylic acids is 1. The Kier molecular flexibility index (Phi) is 3.99. The fourth-order valence-electron chi connectivity index (χ4n) is 1.51. The minimum atomic E-state index is -0.430. The van der Waals surface area contributed by atoms with E-state index in [-0.39, 0.29) is 17.6 Å². The molecule has 0 bridgehead atoms. The Balaban J connectivity index is 2.61. The SMILES string of the molecule is CC(=O)NC(C)Cc1ccc([N+](=O)[O-])cc1. The standard InChI is InChI=1S/C11H14N2O3/c1-8(12-9(2)14)7-10-3-5-11(6-4-10)13(15)16/h3-6,8H,7H2,1-2H3,(H,12,14). The van der Waals surface area contributed by atoms with Crippen molar-refractivity contribution in [3.63, 3.8) is 0 Å². The van der Waals surface area contributed by atoms with Gasteiger partial charge in [0.15, 0.2) is 0 Å². The van der Waals surface area contributed by atoms with Gasteiger partial charge in [-0.25, -0.2) is 0 Å². The molecule has 0 aliphatic rings. The first kappa shape index (κ1) is 12.2. The minimum absolute atomic E-state index is 0.0268. The van der Waals surface area contributed by atoms with Gasteiger partial charge in [-0.15, -0.1) is 0 Å². The number of benzene rings is 1. The molecular formula is C11H14N2O3. The summed E-state index contributed by atoms with van der Waals surface area (Å²) in [5, 5.41) is 13.2. The van der Waals surface area contributed by atoms with E-state index in [2.05, 4.69) is 5.32 Å². The van der Waals surface area contributed by atoms with E-state index in [0.717, 1.165) is 5.56 Å². The summed E-state index contributed by atoms with van der Waals surface area (Å²) in [5.74, 6) is -0.0746. The Morgan fingerprint density at radius 1 is 1.44 bits per heavy atom. The smallest absolute Gasteiger partial charge is 0.269 e. The number of nitrogens with zero attached hydrogens (tertiary/aromatic N) is 1. The van der Waals surface area contributed by atoms with Crippen molar-refractivity contribution in [1.82, 2.24) is 5.32 Å². The highest BCUT2D eigenvalue weighted by Gasteiger charge is 2.07. The third-order valence-corrected chi connectivity index (χ3v) is 2.14. The topological polar surface area (TPSA) is 72.2 Å². The van der Waals surface area contributed by atoms with E-state index in [9.17, 15) is 14.9 Å². The summed E-state index contributed by atoms with van der Waals surface area (Å²) in [4.78, 5) is 20.8. The summed E-state index contributed by atoms with van der Waals surface area (Å²) >= 11 is 0. The van der Waals surface area contributed by atoms with Crippen LogP contribution in [0.15, 0.2) is 24.3 Å². The van der Waals surface area contributed by atoms with Crippen molar-refractivity contribution < 1.29 is 9.72 Å². The van der Waals surface area contributed by atoms with E-state index in [1.807, 2.05) is 6.92 Å². The molecule has 1 aromatic carbocycles. The van der Waals surface area contributed by atoms with Gasteiger partial charge in [-0.1, -0.05) is 12.1 Å². The third kappa shape index (κ3) is 3.68. The molecule has 0 aromatic heterocycles. The number of carbonyl (C=O) groups is 1. The Bertz CT molecular complexity index is 387. The molecular weight excluding hydrogens is 208 g/mol. The van der Waals surface area contributed by atoms with Gasteiger partial charge in [0, 0.05) is 25.1 Å². The highest BCUT2D eigenvalue weighted by molar-refractivity contribution is 5.73. The average Bonchev–Trinajstić information content (AvgIpc) is 2.16. The van der Waals surface area contributed by atoms with Gasteiger partial charge in [0.25, 0.3) is 5.69 Å². The largest absolute Gasteiger partial charge is 0.354 e. The molecule has 1 aromatic rings. The summed E-state index contributed by atoms with van der Waals surface area (Å²) in [6, 6.07) is 6.37. The highest BCUT2D eigenvalue weighted by atomic mass is 16.6. The van der Waals surface area contributed by atoms with E-state index in [1.54, 1.807) is 12.1 Å². The fourth-order valence-corrected chi connectivity index (χ4v) is 1.51. The van der Waals surface area contributed by atoms with Crippen molar-refractivity contribution in [2.75, 3.05) is 0 Å². The van der Waals surface area contributed by atoms with Gasteiger partial charge in [-0.3, -0.25) is 14.9 Å². The second kappa shape index (κ2) is 5.25. The van der Waals surface area contributed by atoms with E-state index in [1.165, 1.54) is 19.1 Å². The molecule has 86 valence electrons. The number of non-ortho nitro benzene ring substituents is 1. The monoisotopic (exact) mass is 222 g/mol. The molecule has 0 saturated heterocycles. The number of nitro benzene ring substituents is 1. The van der Waals surface area contributed by atoms with Crippen molar-refractivity contribution in [2.45, 2.75) is 26.3 Å². The van der Waals surface area contributed by atoms with Crippen LogP contribution in [0.1, 0.15) is 19.4 Å². The molecule has 0 aliphatic heterocycles. The molecule has 0 fully saturated rings. The molecule has 1 rings (SSSR count). The molecule has 0 spiro atoms. The Labute approximate surface area is 93.6 Å². The van der Waals surface area contributed by atoms with Crippen LogP contribution in [0.2, 0.25) is 0 Å². The van der Waals surface area contributed by atoms with Crippen molar-refractivity contribution in [3.8, 4) is 0 Å². The van der Waals surface area contributed by atoms with Crippen LogP contribution in [0.25, 0.3) is 0 Å². The van der Waals surface area contributed by atoms with Crippen LogP contribution < -0.4 is 5.32 Å². The minimum Gasteiger partial charge on any atom is -0.354 e. The quantitative estimate of drug-likeness (QED) is 0.622. The van der Waals surface area contributed by atoms with Crippen LogP contribution in [-0.2, 0) is 11.2 Å². The molecule has 1 atom stereocenters. The number of hydrogen-bond acceptors (Lipinski definition) is 3. The average molecular weight is 222 g/mol. The molecule has 0 aliphatic carbocycles. The molecule has 1 unspecified atom stereocenters. The normalized spacial score (nSPS) is 11.9. The van der Waals surface area contributed by atoms with Gasteiger partial charge in [0.2, 0.25) is 5.91 Å². The first-order chi connectivity index (χ1) is 7.49. The van der Waals surface area contributed by atoms with E-state index >= 15 is 0 Å². The van der Waals surface area contributed by atoms with Crippen LogP contribution in [0.4, 0.5) is 5.69 Å². The van der Waals surface area contributed by atoms with Gasteiger partial charge in [0.05, 0.1) is 4.92 Å². The van der Waals surface area contributed by atoms with Gasteiger partial charge >= 0.3 is 0 Å². The number of amides is 1. The molecule has 1 amide bonds. The summed E-state index contributed by atoms with van der Waals surface area (Å²) in [5.41, 5.74) is 1.04. The first-order valence-corrected chi connectivity index (χ1v) is 4.99. The van der Waals surface area contributed by atoms with Crippen LogP contribution in [0, 0.1) is 10.1 Å². The molecule has 0 radical (unpaired) electrons. The van der Waals surface area contributed by atoms with Crippen molar-refractivity contribution >= 4 is 11.6 Å². The lowest BCUT2D eigenvalue weighted by Gasteiger charge is -2.11. The van der Waals surface area contributed by atoms with Gasteiger partial charge in [0.1, 0.15) is 0 Å². The van der Waals surface area contributed by atoms with E-state index < -0.39 is 4.92 Å². The fraction of sp³-hybridized carbons (Fsp3) is 0.364. The lowest BCUT2D eigenvalue weighted by atomic mass is 10.1. The predicted octanol–water partition coefficient (Wildman–Crippen LogP) is 1.66. The second-order valence-electron chi connectivity index (χ2n) is 3.73. The number of nitro groups is 1.